The van der Waals surface area contributed by atoms with E-state index in [1.807, 2.05) is 18.2 Å². The maximum Gasteiger partial charge on any atom is 0.174 e. The molecule has 0 spiro atoms. The molecular weight excluding hydrogens is 376 g/mol. The van der Waals surface area contributed by atoms with Crippen LogP contribution in [0.5, 0.6) is 17.2 Å². The number of phenols is 2. The lowest BCUT2D eigenvalue weighted by molar-refractivity contribution is 0.0844. The highest BCUT2D eigenvalue weighted by molar-refractivity contribution is 6.04. The molecule has 4 nitrogen and oxygen atoms in total. The molecule has 2 N–H and O–H groups in total. The first-order valence-electron chi connectivity index (χ1n) is 10.3. The van der Waals surface area contributed by atoms with Crippen molar-refractivity contribution < 1.29 is 19.7 Å². The van der Waals surface area contributed by atoms with Crippen molar-refractivity contribution in [2.24, 2.45) is 11.8 Å². The van der Waals surface area contributed by atoms with Crippen molar-refractivity contribution in [2.75, 3.05) is 7.11 Å². The molecule has 0 bridgehead atoms. The third-order valence-corrected chi connectivity index (χ3v) is 5.99. The molecule has 0 aromatic heterocycles. The van der Waals surface area contributed by atoms with E-state index in [1.165, 1.54) is 30.4 Å². The number of aromatic hydroxyl groups is 2. The second-order valence-electron chi connectivity index (χ2n) is 8.26. The zero-order chi connectivity index (χ0) is 21.8. The van der Waals surface area contributed by atoms with Crippen LogP contribution >= 0.6 is 0 Å². The summed E-state index contributed by atoms with van der Waals surface area (Å²) in [6.07, 6.45) is 5.92. The topological polar surface area (TPSA) is 66.8 Å². The van der Waals surface area contributed by atoms with Crippen molar-refractivity contribution >= 4 is 5.78 Å². The van der Waals surface area contributed by atoms with E-state index in [1.54, 1.807) is 0 Å². The lowest BCUT2D eigenvalue weighted by Gasteiger charge is -2.37. The number of methoxy groups -OCH3 is 1. The van der Waals surface area contributed by atoms with Crippen LogP contribution in [0.4, 0.5) is 0 Å². The molecule has 2 aromatic rings. The molecule has 3 atom stereocenters. The standard InChI is InChI=1S/C26H30O4/c1-16(2)10-12-20-17(3)11-13-21(18-8-6-5-7-9-18)24(20)26(29)25-22(28)14-19(27)15-23(25)30-4/h5-11,14-15,20-21,24,27-28H,12-13H2,1-4H3/t20-,21-,24?/m0/s1. The molecule has 1 unspecified atom stereocenters. The summed E-state index contributed by atoms with van der Waals surface area (Å²) in [4.78, 5) is 13.9. The monoisotopic (exact) mass is 406 g/mol. The molecule has 1 aliphatic carbocycles. The number of carbonyl (C=O) groups excluding carboxylic acids is 1. The second kappa shape index (κ2) is 9.21. The van der Waals surface area contributed by atoms with Crippen molar-refractivity contribution in [3.8, 4) is 17.2 Å². The number of allylic oxidation sites excluding steroid dienone is 4. The van der Waals surface area contributed by atoms with Gasteiger partial charge in [0.2, 0.25) is 0 Å². The first-order valence-corrected chi connectivity index (χ1v) is 10.3. The highest BCUT2D eigenvalue weighted by atomic mass is 16.5. The van der Waals surface area contributed by atoms with Crippen LogP contribution in [0.1, 0.15) is 55.5 Å². The molecule has 2 aromatic carbocycles. The number of ether oxygens (including phenoxy) is 1. The van der Waals surface area contributed by atoms with Crippen LogP contribution in [-0.4, -0.2) is 23.1 Å². The minimum absolute atomic E-state index is 0.00382. The molecule has 0 amide bonds. The predicted molar refractivity (Wildman–Crippen MR) is 119 cm³/mol. The molecule has 1 aliphatic rings. The summed E-state index contributed by atoms with van der Waals surface area (Å²) < 4.78 is 5.35. The maximum absolute atomic E-state index is 13.9. The Morgan fingerprint density at radius 3 is 2.50 bits per heavy atom. The van der Waals surface area contributed by atoms with Gasteiger partial charge in [0.25, 0.3) is 0 Å². The fourth-order valence-corrected chi connectivity index (χ4v) is 4.44. The summed E-state index contributed by atoms with van der Waals surface area (Å²) >= 11 is 0. The number of rotatable bonds is 6. The Morgan fingerprint density at radius 1 is 1.17 bits per heavy atom. The Labute approximate surface area is 178 Å². The van der Waals surface area contributed by atoms with Gasteiger partial charge in [0, 0.05) is 18.1 Å². The molecule has 0 heterocycles. The van der Waals surface area contributed by atoms with E-state index in [0.717, 1.165) is 18.4 Å². The second-order valence-corrected chi connectivity index (χ2v) is 8.26. The van der Waals surface area contributed by atoms with Crippen LogP contribution < -0.4 is 4.74 Å². The van der Waals surface area contributed by atoms with Gasteiger partial charge in [-0.05, 0) is 51.0 Å². The summed E-state index contributed by atoms with van der Waals surface area (Å²) in [7, 11) is 1.44. The third kappa shape index (κ3) is 4.43. The van der Waals surface area contributed by atoms with Gasteiger partial charge in [0.15, 0.2) is 5.78 Å². The van der Waals surface area contributed by atoms with Gasteiger partial charge in [-0.2, -0.15) is 0 Å². The Hall–Kier alpha value is -3.01. The van der Waals surface area contributed by atoms with Crippen LogP contribution in [0.15, 0.2) is 65.8 Å². The quantitative estimate of drug-likeness (QED) is 0.455. The largest absolute Gasteiger partial charge is 0.508 e. The molecule has 4 heteroatoms. The lowest BCUT2D eigenvalue weighted by atomic mass is 9.65. The third-order valence-electron chi connectivity index (χ3n) is 5.99. The van der Waals surface area contributed by atoms with Gasteiger partial charge in [0.1, 0.15) is 22.8 Å². The van der Waals surface area contributed by atoms with E-state index in [2.05, 4.69) is 45.1 Å². The highest BCUT2D eigenvalue weighted by Crippen LogP contribution is 2.47. The van der Waals surface area contributed by atoms with E-state index in [-0.39, 0.29) is 46.3 Å². The van der Waals surface area contributed by atoms with Gasteiger partial charge in [-0.15, -0.1) is 0 Å². The van der Waals surface area contributed by atoms with Gasteiger partial charge in [-0.3, -0.25) is 4.79 Å². The number of carbonyl (C=O) groups is 1. The van der Waals surface area contributed by atoms with Crippen LogP contribution in [0.3, 0.4) is 0 Å². The zero-order valence-corrected chi connectivity index (χ0v) is 18.1. The molecule has 0 saturated carbocycles. The molecule has 0 fully saturated rings. The summed E-state index contributed by atoms with van der Waals surface area (Å²) in [5, 5.41) is 20.4. The summed E-state index contributed by atoms with van der Waals surface area (Å²) in [6.45, 7) is 6.20. The van der Waals surface area contributed by atoms with E-state index in [4.69, 9.17) is 4.74 Å². The molecule has 0 aliphatic heterocycles. The van der Waals surface area contributed by atoms with Gasteiger partial charge in [-0.25, -0.2) is 0 Å². The number of hydrogen-bond donors (Lipinski definition) is 2. The van der Waals surface area contributed by atoms with Crippen molar-refractivity contribution in [3.63, 3.8) is 0 Å². The Kier molecular flexibility index (Phi) is 6.66. The number of hydrogen-bond acceptors (Lipinski definition) is 4. The predicted octanol–water partition coefficient (Wildman–Crippen LogP) is 6.01. The van der Waals surface area contributed by atoms with E-state index in [0.29, 0.717) is 0 Å². The van der Waals surface area contributed by atoms with Crippen molar-refractivity contribution in [2.45, 2.75) is 39.5 Å². The fourth-order valence-electron chi connectivity index (χ4n) is 4.44. The fraction of sp³-hybridized carbons (Fsp3) is 0.346. The summed E-state index contributed by atoms with van der Waals surface area (Å²) in [6, 6.07) is 12.7. The van der Waals surface area contributed by atoms with E-state index >= 15 is 0 Å². The average molecular weight is 407 g/mol. The summed E-state index contributed by atoms with van der Waals surface area (Å²) in [5.74, 6) is -0.689. The number of ketones is 1. The Bertz CT molecular complexity index is 968. The molecule has 30 heavy (non-hydrogen) atoms. The van der Waals surface area contributed by atoms with Gasteiger partial charge in [-0.1, -0.05) is 53.6 Å². The molecular formula is C26H30O4. The van der Waals surface area contributed by atoms with E-state index in [9.17, 15) is 15.0 Å². The van der Waals surface area contributed by atoms with Crippen molar-refractivity contribution in [3.05, 3.63) is 76.9 Å². The van der Waals surface area contributed by atoms with Gasteiger partial charge < -0.3 is 14.9 Å². The van der Waals surface area contributed by atoms with Gasteiger partial charge in [0.05, 0.1) is 7.11 Å². The van der Waals surface area contributed by atoms with Crippen molar-refractivity contribution in [1.82, 2.24) is 0 Å². The Morgan fingerprint density at radius 2 is 1.87 bits per heavy atom. The number of benzene rings is 2. The summed E-state index contributed by atoms with van der Waals surface area (Å²) in [5.41, 5.74) is 3.65. The first kappa shape index (κ1) is 21.7. The minimum atomic E-state index is -0.350. The smallest absolute Gasteiger partial charge is 0.174 e. The van der Waals surface area contributed by atoms with Crippen LogP contribution in [0, 0.1) is 11.8 Å². The van der Waals surface area contributed by atoms with Gasteiger partial charge >= 0.3 is 0 Å². The van der Waals surface area contributed by atoms with E-state index < -0.39 is 0 Å². The van der Waals surface area contributed by atoms with Crippen LogP contribution in [-0.2, 0) is 0 Å². The van der Waals surface area contributed by atoms with Crippen molar-refractivity contribution in [1.29, 1.82) is 0 Å². The zero-order valence-electron chi connectivity index (χ0n) is 18.1. The minimum Gasteiger partial charge on any atom is -0.508 e. The molecule has 0 saturated heterocycles. The SMILES string of the molecule is COc1cc(O)cc(O)c1C(=O)C1[C@@H](CC=C(C)C)C(C)=CC[C@H]1c1ccccc1. The van der Waals surface area contributed by atoms with Crippen LogP contribution in [0.25, 0.3) is 0 Å². The number of Topliss-reactive ketones (excluding diaryl/α,β-unsaturated/α-hetero) is 1. The number of phenolic OH excluding ortho intramolecular Hbond substituents is 2. The molecule has 0 radical (unpaired) electrons. The highest BCUT2D eigenvalue weighted by Gasteiger charge is 2.41. The molecule has 3 rings (SSSR count). The average Bonchev–Trinajstić information content (AvgIpc) is 2.72. The maximum atomic E-state index is 13.9. The Balaban J connectivity index is 2.14. The van der Waals surface area contributed by atoms with Crippen LogP contribution in [0.2, 0.25) is 0 Å². The lowest BCUT2D eigenvalue weighted by Crippen LogP contribution is -2.33. The molecule has 158 valence electrons. The normalized spacial score (nSPS) is 20.9. The first-order chi connectivity index (χ1) is 14.3.